The molecule has 0 amide bonds. The van der Waals surface area contributed by atoms with Gasteiger partial charge in [-0.1, -0.05) is 0 Å². The van der Waals surface area contributed by atoms with E-state index in [-0.39, 0.29) is 5.75 Å². The van der Waals surface area contributed by atoms with Crippen LogP contribution >= 0.6 is 0 Å². The first-order valence-electron chi connectivity index (χ1n) is 4.62. The lowest BCUT2D eigenvalue weighted by Gasteiger charge is -2.11. The molecule has 15 heavy (non-hydrogen) atoms. The number of phenols is 1. The van der Waals surface area contributed by atoms with Crippen LogP contribution in [0.4, 0.5) is 4.39 Å². The van der Waals surface area contributed by atoms with Gasteiger partial charge in [-0.3, -0.25) is 0 Å². The molecule has 78 valence electrons. The largest absolute Gasteiger partial charge is 0.504 e. The van der Waals surface area contributed by atoms with Gasteiger partial charge >= 0.3 is 0 Å². The van der Waals surface area contributed by atoms with Gasteiger partial charge in [0.25, 0.3) is 0 Å². The Balaban J connectivity index is 2.53. The molecule has 1 fully saturated rings. The maximum absolute atomic E-state index is 13.5. The number of nitriles is 1. The molecule has 0 spiro atoms. The summed E-state index contributed by atoms with van der Waals surface area (Å²) in [6.07, 6.45) is 1.34. The molecule has 4 heteroatoms. The van der Waals surface area contributed by atoms with Crippen LogP contribution in [0.15, 0.2) is 12.1 Å². The molecule has 1 aromatic rings. The van der Waals surface area contributed by atoms with Crippen molar-refractivity contribution in [3.63, 3.8) is 0 Å². The normalized spacial score (nSPS) is 16.9. The molecule has 1 N–H and O–H groups in total. The van der Waals surface area contributed by atoms with E-state index >= 15 is 0 Å². The molecule has 0 bridgehead atoms. The van der Waals surface area contributed by atoms with Gasteiger partial charge in [0.15, 0.2) is 11.5 Å². The highest BCUT2D eigenvalue weighted by Crippen LogP contribution is 2.51. The number of benzene rings is 1. The molecule has 0 saturated heterocycles. The van der Waals surface area contributed by atoms with Gasteiger partial charge in [0.2, 0.25) is 5.82 Å². The molecular weight excluding hydrogens is 197 g/mol. The first-order chi connectivity index (χ1) is 7.14. The number of phenolic OH excluding ortho intramolecular Hbond substituents is 1. The van der Waals surface area contributed by atoms with E-state index in [2.05, 4.69) is 6.07 Å². The maximum Gasteiger partial charge on any atom is 0.206 e. The minimum absolute atomic E-state index is 0.00927. The van der Waals surface area contributed by atoms with Crippen molar-refractivity contribution in [2.24, 2.45) is 0 Å². The Hall–Kier alpha value is -1.76. The van der Waals surface area contributed by atoms with Gasteiger partial charge in [0.1, 0.15) is 0 Å². The van der Waals surface area contributed by atoms with Crippen LogP contribution in [0.3, 0.4) is 0 Å². The number of rotatable bonds is 2. The smallest absolute Gasteiger partial charge is 0.206 e. The van der Waals surface area contributed by atoms with Crippen LogP contribution in [0, 0.1) is 17.1 Å². The molecule has 3 nitrogen and oxygen atoms in total. The zero-order valence-corrected chi connectivity index (χ0v) is 8.25. The summed E-state index contributed by atoms with van der Waals surface area (Å²) >= 11 is 0. The zero-order chi connectivity index (χ0) is 11.1. The zero-order valence-electron chi connectivity index (χ0n) is 8.25. The van der Waals surface area contributed by atoms with E-state index in [9.17, 15) is 9.50 Å². The molecule has 1 aliphatic rings. The molecule has 0 radical (unpaired) electrons. The van der Waals surface area contributed by atoms with Crippen LogP contribution in [-0.4, -0.2) is 12.2 Å². The third kappa shape index (κ3) is 1.32. The van der Waals surface area contributed by atoms with E-state index in [0.717, 1.165) is 0 Å². The molecule has 0 unspecified atom stereocenters. The summed E-state index contributed by atoms with van der Waals surface area (Å²) in [4.78, 5) is 0. The van der Waals surface area contributed by atoms with Gasteiger partial charge < -0.3 is 9.84 Å². The SMILES string of the molecule is COc1ccc(C2(C#N)CC2)c(O)c1F. The van der Waals surface area contributed by atoms with E-state index in [1.165, 1.54) is 13.2 Å². The minimum Gasteiger partial charge on any atom is -0.504 e. The quantitative estimate of drug-likeness (QED) is 0.807. The van der Waals surface area contributed by atoms with Gasteiger partial charge in [-0.25, -0.2) is 0 Å². The summed E-state index contributed by atoms with van der Waals surface area (Å²) in [6, 6.07) is 5.09. The van der Waals surface area contributed by atoms with Gasteiger partial charge in [-0.05, 0) is 25.0 Å². The van der Waals surface area contributed by atoms with Gasteiger partial charge in [-0.15, -0.1) is 0 Å². The Kier molecular flexibility index (Phi) is 2.04. The van der Waals surface area contributed by atoms with Crippen molar-refractivity contribution in [1.29, 1.82) is 5.26 Å². The Morgan fingerprint density at radius 1 is 1.53 bits per heavy atom. The topological polar surface area (TPSA) is 53.2 Å². The highest BCUT2D eigenvalue weighted by molar-refractivity contribution is 5.51. The van der Waals surface area contributed by atoms with Gasteiger partial charge in [0, 0.05) is 5.56 Å². The number of hydrogen-bond acceptors (Lipinski definition) is 3. The molecule has 0 atom stereocenters. The average molecular weight is 207 g/mol. The third-order valence-electron chi connectivity index (χ3n) is 2.78. The number of nitrogens with zero attached hydrogens (tertiary/aromatic N) is 1. The van der Waals surface area contributed by atoms with Crippen molar-refractivity contribution in [1.82, 2.24) is 0 Å². The Labute approximate surface area is 86.7 Å². The standard InChI is InChI=1S/C11H10FNO2/c1-15-8-3-2-7(10(14)9(8)12)11(6-13)4-5-11/h2-3,14H,4-5H2,1H3. The van der Waals surface area contributed by atoms with Crippen molar-refractivity contribution < 1.29 is 14.2 Å². The van der Waals surface area contributed by atoms with E-state index < -0.39 is 17.0 Å². The van der Waals surface area contributed by atoms with E-state index in [1.54, 1.807) is 6.07 Å². The molecule has 0 heterocycles. The second-order valence-corrected chi connectivity index (χ2v) is 3.67. The first kappa shape index (κ1) is 9.78. The van der Waals surface area contributed by atoms with Crippen LogP contribution in [0.5, 0.6) is 11.5 Å². The highest BCUT2D eigenvalue weighted by Gasteiger charge is 2.47. The number of ether oxygens (including phenoxy) is 1. The minimum atomic E-state index is -0.795. The van der Waals surface area contributed by atoms with Gasteiger partial charge in [0.05, 0.1) is 18.6 Å². The second-order valence-electron chi connectivity index (χ2n) is 3.67. The number of hydrogen-bond donors (Lipinski definition) is 1. The lowest BCUT2D eigenvalue weighted by atomic mass is 9.96. The summed E-state index contributed by atoms with van der Waals surface area (Å²) in [6.45, 7) is 0. The summed E-state index contributed by atoms with van der Waals surface area (Å²) < 4.78 is 18.2. The molecular formula is C11H10FNO2. The third-order valence-corrected chi connectivity index (χ3v) is 2.78. The Morgan fingerprint density at radius 2 is 2.20 bits per heavy atom. The Morgan fingerprint density at radius 3 is 2.67 bits per heavy atom. The number of halogens is 1. The molecule has 1 aliphatic carbocycles. The maximum atomic E-state index is 13.5. The summed E-state index contributed by atoms with van der Waals surface area (Å²) in [7, 11) is 1.33. The Bertz CT molecular complexity index is 447. The van der Waals surface area contributed by atoms with Gasteiger partial charge in [-0.2, -0.15) is 9.65 Å². The molecule has 0 aromatic heterocycles. The average Bonchev–Trinajstić information content (AvgIpc) is 3.03. The molecule has 1 saturated carbocycles. The number of aromatic hydroxyl groups is 1. The van der Waals surface area contributed by atoms with E-state index in [1.807, 2.05) is 0 Å². The summed E-state index contributed by atoms with van der Waals surface area (Å²) in [5.41, 5.74) is -0.319. The van der Waals surface area contributed by atoms with Crippen molar-refractivity contribution in [2.45, 2.75) is 18.3 Å². The van der Waals surface area contributed by atoms with E-state index in [4.69, 9.17) is 10.00 Å². The second kappa shape index (κ2) is 3.13. The van der Waals surface area contributed by atoms with Crippen molar-refractivity contribution in [3.8, 4) is 17.6 Å². The van der Waals surface area contributed by atoms with Crippen LogP contribution in [0.2, 0.25) is 0 Å². The fraction of sp³-hybridized carbons (Fsp3) is 0.364. The van der Waals surface area contributed by atoms with Crippen LogP contribution in [0.1, 0.15) is 18.4 Å². The van der Waals surface area contributed by atoms with E-state index in [0.29, 0.717) is 18.4 Å². The number of methoxy groups -OCH3 is 1. The predicted octanol–water partition coefficient (Wildman–Crippen LogP) is 2.10. The van der Waals surface area contributed by atoms with Crippen molar-refractivity contribution in [2.75, 3.05) is 7.11 Å². The first-order valence-corrected chi connectivity index (χ1v) is 4.62. The van der Waals surface area contributed by atoms with Crippen molar-refractivity contribution in [3.05, 3.63) is 23.5 Å². The summed E-state index contributed by atoms with van der Waals surface area (Å²) in [5.74, 6) is -1.27. The van der Waals surface area contributed by atoms with Crippen LogP contribution < -0.4 is 4.74 Å². The fourth-order valence-electron chi connectivity index (χ4n) is 1.66. The lowest BCUT2D eigenvalue weighted by Crippen LogP contribution is -2.04. The lowest BCUT2D eigenvalue weighted by molar-refractivity contribution is 0.361. The van der Waals surface area contributed by atoms with Crippen LogP contribution in [0.25, 0.3) is 0 Å². The highest BCUT2D eigenvalue weighted by atomic mass is 19.1. The van der Waals surface area contributed by atoms with Crippen molar-refractivity contribution >= 4 is 0 Å². The molecule has 1 aromatic carbocycles. The summed E-state index contributed by atoms with van der Waals surface area (Å²) in [5, 5.41) is 18.5. The molecule has 0 aliphatic heterocycles. The fourth-order valence-corrected chi connectivity index (χ4v) is 1.66. The molecule has 2 rings (SSSR count). The monoisotopic (exact) mass is 207 g/mol. The van der Waals surface area contributed by atoms with Crippen LogP contribution in [-0.2, 0) is 5.41 Å². The predicted molar refractivity (Wildman–Crippen MR) is 51.1 cm³/mol.